The van der Waals surface area contributed by atoms with E-state index in [-0.39, 0.29) is 11.7 Å². The van der Waals surface area contributed by atoms with E-state index in [1.165, 1.54) is 0 Å². The number of hydrogen-bond donors (Lipinski definition) is 2. The average Bonchev–Trinajstić information content (AvgIpc) is 2.43. The Balaban J connectivity index is 2.01. The van der Waals surface area contributed by atoms with Crippen LogP contribution < -0.4 is 11.1 Å². The van der Waals surface area contributed by atoms with Crippen molar-refractivity contribution in [1.29, 1.82) is 0 Å². The van der Waals surface area contributed by atoms with E-state index in [1.807, 2.05) is 6.07 Å². The first-order chi connectivity index (χ1) is 9.56. The summed E-state index contributed by atoms with van der Waals surface area (Å²) in [6.45, 7) is 0. The van der Waals surface area contributed by atoms with E-state index in [4.69, 9.17) is 17.3 Å². The van der Waals surface area contributed by atoms with E-state index in [2.05, 4.69) is 5.32 Å². The predicted molar refractivity (Wildman–Crippen MR) is 82.2 cm³/mol. The quantitative estimate of drug-likeness (QED) is 0.853. The molecule has 104 valence electrons. The van der Waals surface area contributed by atoms with Crippen molar-refractivity contribution in [3.8, 4) is 0 Å². The molecule has 20 heavy (non-hydrogen) atoms. The van der Waals surface area contributed by atoms with E-state index in [1.54, 1.807) is 42.5 Å². The number of halogens is 1. The molecule has 0 aliphatic rings. The Labute approximate surface area is 124 Å². The molecule has 0 radical (unpaired) electrons. The fourth-order valence-electron chi connectivity index (χ4n) is 1.59. The number of anilines is 2. The van der Waals surface area contributed by atoms with Crippen molar-refractivity contribution in [2.24, 2.45) is 0 Å². The van der Waals surface area contributed by atoms with Crippen LogP contribution in [0.15, 0.2) is 53.4 Å². The summed E-state index contributed by atoms with van der Waals surface area (Å²) in [7, 11) is -1.38. The number of benzene rings is 2. The second-order valence-corrected chi connectivity index (χ2v) is 5.95. The fraction of sp³-hybridized carbons (Fsp3) is 0.0714. The lowest BCUT2D eigenvalue weighted by Gasteiger charge is -2.07. The number of hydrogen-bond acceptors (Lipinski definition) is 3. The first-order valence-corrected chi connectivity index (χ1v) is 7.54. The molecule has 1 atom stereocenters. The maximum Gasteiger partial charge on any atom is 0.237 e. The fourth-order valence-corrected chi connectivity index (χ4v) is 2.77. The molecule has 1 unspecified atom stereocenters. The molecule has 0 aromatic heterocycles. The zero-order valence-corrected chi connectivity index (χ0v) is 12.1. The first-order valence-electron chi connectivity index (χ1n) is 5.84. The molecular formula is C14H13ClN2O2S. The van der Waals surface area contributed by atoms with Crippen LogP contribution in [-0.2, 0) is 15.6 Å². The minimum atomic E-state index is -1.38. The molecule has 0 fully saturated rings. The van der Waals surface area contributed by atoms with Crippen LogP contribution >= 0.6 is 11.6 Å². The van der Waals surface area contributed by atoms with Crippen LogP contribution in [-0.4, -0.2) is 15.9 Å². The van der Waals surface area contributed by atoms with Crippen molar-refractivity contribution in [3.05, 3.63) is 53.6 Å². The molecular weight excluding hydrogens is 296 g/mol. The van der Waals surface area contributed by atoms with Crippen LogP contribution in [0.5, 0.6) is 0 Å². The topological polar surface area (TPSA) is 72.2 Å². The Hall–Kier alpha value is -1.85. The normalized spacial score (nSPS) is 11.8. The third-order valence-electron chi connectivity index (χ3n) is 2.54. The second-order valence-electron chi connectivity index (χ2n) is 4.09. The van der Waals surface area contributed by atoms with Crippen LogP contribution in [0.1, 0.15) is 0 Å². The van der Waals surface area contributed by atoms with Crippen LogP contribution in [0.4, 0.5) is 11.4 Å². The highest BCUT2D eigenvalue weighted by atomic mass is 35.5. The lowest BCUT2D eigenvalue weighted by atomic mass is 10.3. The van der Waals surface area contributed by atoms with Gasteiger partial charge in [0.2, 0.25) is 5.91 Å². The smallest absolute Gasteiger partial charge is 0.237 e. The highest BCUT2D eigenvalue weighted by Gasteiger charge is 2.11. The lowest BCUT2D eigenvalue weighted by molar-refractivity contribution is -0.113. The molecule has 0 aliphatic carbocycles. The maximum absolute atomic E-state index is 12.0. The first kappa shape index (κ1) is 14.6. The summed E-state index contributed by atoms with van der Waals surface area (Å²) < 4.78 is 12.0. The number of amides is 1. The summed E-state index contributed by atoms with van der Waals surface area (Å²) in [5.41, 5.74) is 6.54. The van der Waals surface area contributed by atoms with Gasteiger partial charge in [-0.15, -0.1) is 0 Å². The van der Waals surface area contributed by atoms with E-state index < -0.39 is 10.8 Å². The van der Waals surface area contributed by atoms with Crippen molar-refractivity contribution < 1.29 is 9.00 Å². The average molecular weight is 309 g/mol. The van der Waals surface area contributed by atoms with Crippen molar-refractivity contribution in [2.75, 3.05) is 16.8 Å². The summed E-state index contributed by atoms with van der Waals surface area (Å²) in [6, 6.07) is 13.6. The summed E-state index contributed by atoms with van der Waals surface area (Å²) in [5, 5.41) is 2.97. The molecule has 1 amide bonds. The number of carbonyl (C=O) groups excluding carboxylic acids is 1. The van der Waals surface area contributed by atoms with Crippen LogP contribution in [0, 0.1) is 0 Å². The molecule has 0 heterocycles. The molecule has 2 aromatic carbocycles. The molecule has 0 saturated carbocycles. The van der Waals surface area contributed by atoms with Gasteiger partial charge in [0, 0.05) is 10.6 Å². The summed E-state index contributed by atoms with van der Waals surface area (Å²) >= 11 is 5.96. The highest BCUT2D eigenvalue weighted by Crippen LogP contribution is 2.24. The van der Waals surface area contributed by atoms with Crippen LogP contribution in [0.3, 0.4) is 0 Å². The molecule has 2 rings (SSSR count). The van der Waals surface area contributed by atoms with Gasteiger partial charge in [0.1, 0.15) is 5.75 Å². The summed E-state index contributed by atoms with van der Waals surface area (Å²) in [5.74, 6) is -0.482. The lowest BCUT2D eigenvalue weighted by Crippen LogP contribution is -2.19. The highest BCUT2D eigenvalue weighted by molar-refractivity contribution is 7.85. The molecule has 0 spiro atoms. The Kier molecular flexibility index (Phi) is 4.76. The minimum Gasteiger partial charge on any atom is -0.399 e. The number of rotatable bonds is 4. The SMILES string of the molecule is Nc1ccc(NC(=O)CS(=O)c2ccccc2)c(Cl)c1. The Morgan fingerprint density at radius 3 is 2.55 bits per heavy atom. The molecule has 0 saturated heterocycles. The van der Waals surface area contributed by atoms with E-state index in [9.17, 15) is 9.00 Å². The number of nitrogens with two attached hydrogens (primary N) is 1. The van der Waals surface area contributed by atoms with Gasteiger partial charge < -0.3 is 11.1 Å². The van der Waals surface area contributed by atoms with Gasteiger partial charge in [-0.2, -0.15) is 0 Å². The number of carbonyl (C=O) groups is 1. The second kappa shape index (κ2) is 6.54. The van der Waals surface area contributed by atoms with Crippen LogP contribution in [0.25, 0.3) is 0 Å². The predicted octanol–water partition coefficient (Wildman–Crippen LogP) is 2.67. The number of nitrogen functional groups attached to an aromatic ring is 1. The van der Waals surface area contributed by atoms with Gasteiger partial charge in [-0.05, 0) is 30.3 Å². The molecule has 4 nitrogen and oxygen atoms in total. The molecule has 2 aromatic rings. The zero-order chi connectivity index (χ0) is 14.5. The van der Waals surface area contributed by atoms with Gasteiger partial charge >= 0.3 is 0 Å². The van der Waals surface area contributed by atoms with Crippen molar-refractivity contribution in [3.63, 3.8) is 0 Å². The molecule has 0 aliphatic heterocycles. The molecule has 0 bridgehead atoms. The summed E-state index contributed by atoms with van der Waals surface area (Å²) in [6.07, 6.45) is 0. The molecule has 6 heteroatoms. The van der Waals surface area contributed by atoms with Crippen molar-refractivity contribution >= 4 is 39.7 Å². The Morgan fingerprint density at radius 1 is 1.20 bits per heavy atom. The van der Waals surface area contributed by atoms with Gasteiger partial charge in [-0.25, -0.2) is 0 Å². The van der Waals surface area contributed by atoms with Gasteiger partial charge in [0.15, 0.2) is 0 Å². The van der Waals surface area contributed by atoms with E-state index in [0.717, 1.165) is 0 Å². The van der Waals surface area contributed by atoms with E-state index in [0.29, 0.717) is 21.3 Å². The van der Waals surface area contributed by atoms with Gasteiger partial charge in [0.25, 0.3) is 0 Å². The Bertz CT molecular complexity index is 647. The monoisotopic (exact) mass is 308 g/mol. The van der Waals surface area contributed by atoms with E-state index >= 15 is 0 Å². The zero-order valence-electron chi connectivity index (χ0n) is 10.5. The maximum atomic E-state index is 12.0. The standard InChI is InChI=1S/C14H13ClN2O2S/c15-12-8-10(16)6-7-13(12)17-14(18)9-20(19)11-4-2-1-3-5-11/h1-8H,9,16H2,(H,17,18). The molecule has 3 N–H and O–H groups in total. The number of nitrogens with one attached hydrogen (secondary N) is 1. The van der Waals surface area contributed by atoms with Crippen molar-refractivity contribution in [1.82, 2.24) is 0 Å². The minimum absolute atomic E-state index is 0.120. The van der Waals surface area contributed by atoms with Crippen molar-refractivity contribution in [2.45, 2.75) is 4.90 Å². The third-order valence-corrected chi connectivity index (χ3v) is 4.17. The van der Waals surface area contributed by atoms with Gasteiger partial charge in [-0.3, -0.25) is 9.00 Å². The Morgan fingerprint density at radius 2 is 1.90 bits per heavy atom. The third kappa shape index (κ3) is 3.82. The van der Waals surface area contributed by atoms with Gasteiger partial charge in [0.05, 0.1) is 21.5 Å². The summed E-state index contributed by atoms with van der Waals surface area (Å²) in [4.78, 5) is 12.5. The van der Waals surface area contributed by atoms with Crippen LogP contribution in [0.2, 0.25) is 5.02 Å². The largest absolute Gasteiger partial charge is 0.399 e. The van der Waals surface area contributed by atoms with Gasteiger partial charge in [-0.1, -0.05) is 29.8 Å².